The lowest BCUT2D eigenvalue weighted by molar-refractivity contribution is -0.384. The maximum atomic E-state index is 13.4. The number of hydrogen-bond acceptors (Lipinski definition) is 10. The van der Waals surface area contributed by atoms with E-state index in [-0.39, 0.29) is 30.7 Å². The molecule has 3 aromatic rings. The summed E-state index contributed by atoms with van der Waals surface area (Å²) in [6.07, 6.45) is 0.111. The van der Waals surface area contributed by atoms with Gasteiger partial charge in [0.05, 0.1) is 12.1 Å². The highest BCUT2D eigenvalue weighted by molar-refractivity contribution is 14.1. The molecule has 14 heteroatoms. The molecule has 0 aliphatic heterocycles. The van der Waals surface area contributed by atoms with Crippen molar-refractivity contribution in [1.29, 1.82) is 0 Å². The standard InChI is InChI=1S/C27H25FI2N4O7/c28-17-3-1-2-15(8-17)12-22(32)25(35)40-24-19(29)9-16(10-20(24)30)13-23(33)27(37)41-26(36)21(31)11-14-4-6-18(7-5-14)34(38)39/h1-10,21-23H,11-13,31-33H2/t21-,22-,23-/m0/s1. The Morgan fingerprint density at radius 2 is 1.29 bits per heavy atom. The van der Waals surface area contributed by atoms with Crippen LogP contribution < -0.4 is 21.9 Å². The van der Waals surface area contributed by atoms with Crippen LogP contribution in [0.2, 0.25) is 0 Å². The zero-order chi connectivity index (χ0) is 30.3. The van der Waals surface area contributed by atoms with Gasteiger partial charge in [0.1, 0.15) is 23.9 Å². The normalized spacial score (nSPS) is 13.1. The van der Waals surface area contributed by atoms with Crippen LogP contribution in [0.1, 0.15) is 16.7 Å². The maximum absolute atomic E-state index is 13.4. The summed E-state index contributed by atoms with van der Waals surface area (Å²) >= 11 is 3.94. The van der Waals surface area contributed by atoms with Crippen molar-refractivity contribution in [1.82, 2.24) is 0 Å². The fourth-order valence-corrected chi connectivity index (χ4v) is 5.80. The van der Waals surface area contributed by atoms with Gasteiger partial charge in [-0.25, -0.2) is 18.8 Å². The van der Waals surface area contributed by atoms with Crippen molar-refractivity contribution in [3.8, 4) is 5.75 Å². The van der Waals surface area contributed by atoms with Crippen LogP contribution in [-0.2, 0) is 38.4 Å². The van der Waals surface area contributed by atoms with Crippen molar-refractivity contribution in [3.05, 3.63) is 100 Å². The molecule has 0 aromatic heterocycles. The molecule has 11 nitrogen and oxygen atoms in total. The summed E-state index contributed by atoms with van der Waals surface area (Å²) in [5.41, 5.74) is 19.4. The lowest BCUT2D eigenvalue weighted by Crippen LogP contribution is -2.41. The van der Waals surface area contributed by atoms with Gasteiger partial charge < -0.3 is 26.7 Å². The molecule has 41 heavy (non-hydrogen) atoms. The highest BCUT2D eigenvalue weighted by Gasteiger charge is 2.25. The second-order valence-corrected chi connectivity index (χ2v) is 11.4. The third kappa shape index (κ3) is 9.49. The van der Waals surface area contributed by atoms with Crippen molar-refractivity contribution >= 4 is 68.8 Å². The lowest BCUT2D eigenvalue weighted by atomic mass is 10.1. The summed E-state index contributed by atoms with van der Waals surface area (Å²) < 4.78 is 24.9. The Kier molecular flexibility index (Phi) is 11.6. The molecule has 6 N–H and O–H groups in total. The van der Waals surface area contributed by atoms with Crippen molar-refractivity contribution in [2.75, 3.05) is 0 Å². The molecule has 0 aliphatic rings. The molecule has 0 bridgehead atoms. The number of nitrogens with zero attached hydrogens (tertiary/aromatic N) is 1. The van der Waals surface area contributed by atoms with Crippen molar-refractivity contribution in [2.45, 2.75) is 37.4 Å². The van der Waals surface area contributed by atoms with E-state index in [9.17, 15) is 28.9 Å². The first-order valence-electron chi connectivity index (χ1n) is 12.0. The van der Waals surface area contributed by atoms with Crippen LogP contribution in [0.25, 0.3) is 0 Å². The Hall–Kier alpha value is -3.06. The molecule has 0 radical (unpaired) electrons. The van der Waals surface area contributed by atoms with Gasteiger partial charge in [0.15, 0.2) is 5.75 Å². The van der Waals surface area contributed by atoms with Crippen molar-refractivity contribution < 1.29 is 33.2 Å². The summed E-state index contributed by atoms with van der Waals surface area (Å²) in [7, 11) is 0. The molecular weight excluding hydrogens is 765 g/mol. The number of non-ortho nitro benzene ring substituents is 1. The largest absolute Gasteiger partial charge is 0.423 e. The van der Waals surface area contributed by atoms with E-state index >= 15 is 0 Å². The molecule has 216 valence electrons. The van der Waals surface area contributed by atoms with Crippen LogP contribution in [0.5, 0.6) is 5.75 Å². The molecule has 0 amide bonds. The predicted molar refractivity (Wildman–Crippen MR) is 163 cm³/mol. The van der Waals surface area contributed by atoms with Crippen molar-refractivity contribution in [2.24, 2.45) is 17.2 Å². The molecule has 0 unspecified atom stereocenters. The smallest absolute Gasteiger partial charge is 0.330 e. The van der Waals surface area contributed by atoms with Gasteiger partial charge in [-0.2, -0.15) is 0 Å². The Morgan fingerprint density at radius 3 is 1.83 bits per heavy atom. The molecule has 0 fully saturated rings. The highest BCUT2D eigenvalue weighted by atomic mass is 127. The van der Waals surface area contributed by atoms with E-state index in [2.05, 4.69) is 0 Å². The van der Waals surface area contributed by atoms with Crippen LogP contribution in [0.15, 0.2) is 60.7 Å². The fourth-order valence-electron chi connectivity index (χ4n) is 3.68. The summed E-state index contributed by atoms with van der Waals surface area (Å²) in [4.78, 5) is 47.6. The van der Waals surface area contributed by atoms with E-state index in [1.165, 1.54) is 42.5 Å². The number of rotatable bonds is 11. The van der Waals surface area contributed by atoms with Gasteiger partial charge in [0.25, 0.3) is 5.69 Å². The number of halogens is 3. The first-order valence-corrected chi connectivity index (χ1v) is 14.2. The number of nitrogens with two attached hydrogens (primary N) is 3. The summed E-state index contributed by atoms with van der Waals surface area (Å²) in [6.45, 7) is 0. The first kappa shape index (κ1) is 32.5. The Morgan fingerprint density at radius 1 is 0.780 bits per heavy atom. The molecule has 0 heterocycles. The van der Waals surface area contributed by atoms with E-state index in [1.807, 2.05) is 45.2 Å². The second kappa shape index (κ2) is 14.7. The average Bonchev–Trinajstić information content (AvgIpc) is 2.90. The van der Waals surface area contributed by atoms with Crippen LogP contribution in [0.3, 0.4) is 0 Å². The molecule has 3 atom stereocenters. The Bertz CT molecular complexity index is 1430. The third-order valence-electron chi connectivity index (χ3n) is 5.77. The number of esters is 3. The number of hydrogen-bond donors (Lipinski definition) is 3. The molecule has 0 aliphatic carbocycles. The monoisotopic (exact) mass is 790 g/mol. The fraction of sp³-hybridized carbons (Fsp3) is 0.222. The van der Waals surface area contributed by atoms with Gasteiger partial charge in [-0.05, 0) is 105 Å². The van der Waals surface area contributed by atoms with Gasteiger partial charge in [0.2, 0.25) is 0 Å². The minimum atomic E-state index is -1.19. The molecule has 0 saturated heterocycles. The van der Waals surface area contributed by atoms with E-state index in [0.717, 1.165) is 0 Å². The molecule has 0 saturated carbocycles. The van der Waals surface area contributed by atoms with E-state index in [1.54, 1.807) is 18.2 Å². The minimum absolute atomic E-state index is 0.00180. The van der Waals surface area contributed by atoms with E-state index < -0.39 is 46.8 Å². The topological polar surface area (TPSA) is 191 Å². The quantitative estimate of drug-likeness (QED) is 0.0651. The number of carbonyl (C=O) groups excluding carboxylic acids is 3. The van der Waals surface area contributed by atoms with E-state index in [4.69, 9.17) is 26.7 Å². The van der Waals surface area contributed by atoms with Gasteiger partial charge in [-0.3, -0.25) is 10.1 Å². The predicted octanol–water partition coefficient (Wildman–Crippen LogP) is 2.93. The van der Waals surface area contributed by atoms with Crippen LogP contribution in [0.4, 0.5) is 10.1 Å². The van der Waals surface area contributed by atoms with Gasteiger partial charge >= 0.3 is 17.9 Å². The average molecular weight is 790 g/mol. The third-order valence-corrected chi connectivity index (χ3v) is 7.38. The molecule has 3 rings (SSSR count). The zero-order valence-corrected chi connectivity index (χ0v) is 25.6. The Labute approximate surface area is 261 Å². The number of benzene rings is 3. The van der Waals surface area contributed by atoms with E-state index in [0.29, 0.717) is 23.8 Å². The minimum Gasteiger partial charge on any atom is -0.423 e. The number of nitro groups is 1. The van der Waals surface area contributed by atoms with Gasteiger partial charge in [-0.15, -0.1) is 0 Å². The van der Waals surface area contributed by atoms with Gasteiger partial charge in [-0.1, -0.05) is 24.3 Å². The SMILES string of the molecule is N[C@@H](Cc1ccc([N+](=O)[O-])cc1)C(=O)OC(=O)[C@@H](N)Cc1cc(I)c(OC(=O)[C@@H](N)Cc2cccc(F)c2)c(I)c1. The summed E-state index contributed by atoms with van der Waals surface area (Å²) in [6, 6.07) is 11.2. The summed E-state index contributed by atoms with van der Waals surface area (Å²) in [5, 5.41) is 10.8. The molecule has 3 aromatic carbocycles. The molecular formula is C27H25FI2N4O7. The molecule has 0 spiro atoms. The van der Waals surface area contributed by atoms with Crippen LogP contribution in [0, 0.1) is 23.1 Å². The second-order valence-electron chi connectivity index (χ2n) is 9.04. The maximum Gasteiger partial charge on any atom is 0.330 e. The zero-order valence-electron chi connectivity index (χ0n) is 21.3. The van der Waals surface area contributed by atoms with Crippen LogP contribution in [-0.4, -0.2) is 41.0 Å². The highest BCUT2D eigenvalue weighted by Crippen LogP contribution is 2.30. The number of nitro benzene ring substituents is 1. The van der Waals surface area contributed by atoms with Gasteiger partial charge in [0, 0.05) is 12.1 Å². The Balaban J connectivity index is 1.55. The van der Waals surface area contributed by atoms with Crippen LogP contribution >= 0.6 is 45.2 Å². The number of ether oxygens (including phenoxy) is 2. The first-order chi connectivity index (χ1) is 19.3. The van der Waals surface area contributed by atoms with Crippen molar-refractivity contribution in [3.63, 3.8) is 0 Å². The number of carbonyl (C=O) groups is 3. The summed E-state index contributed by atoms with van der Waals surface area (Å²) in [5.74, 6) is -2.80. The lowest BCUT2D eigenvalue weighted by Gasteiger charge is -2.16.